The minimum absolute atomic E-state index is 0.0273. The monoisotopic (exact) mass is 383 g/mol. The van der Waals surface area contributed by atoms with E-state index in [-0.39, 0.29) is 18.4 Å². The third-order valence-corrected chi connectivity index (χ3v) is 5.52. The number of rotatable bonds is 6. The molecule has 0 unspecified atom stereocenters. The van der Waals surface area contributed by atoms with Crippen LogP contribution in [0.5, 0.6) is 0 Å². The third-order valence-electron chi connectivity index (χ3n) is 5.52. The number of para-hydroxylation sites is 1. The molecule has 0 spiro atoms. The average molecular weight is 383 g/mol. The van der Waals surface area contributed by atoms with E-state index >= 15 is 0 Å². The number of nitrogens with zero attached hydrogens (tertiary/aromatic N) is 3. The van der Waals surface area contributed by atoms with Crippen molar-refractivity contribution >= 4 is 17.5 Å². The molecule has 2 N–H and O–H groups in total. The fraction of sp³-hybridized carbons (Fsp3) is 0.476. The number of nitrogens with one attached hydrogen (secondary N) is 2. The van der Waals surface area contributed by atoms with E-state index in [9.17, 15) is 9.59 Å². The first kappa shape index (κ1) is 20.1. The number of hydrogen-bond donors (Lipinski definition) is 2. The summed E-state index contributed by atoms with van der Waals surface area (Å²) in [6.45, 7) is 7.83. The summed E-state index contributed by atoms with van der Waals surface area (Å²) in [5.41, 5.74) is 2.10. The van der Waals surface area contributed by atoms with E-state index in [4.69, 9.17) is 0 Å². The third kappa shape index (κ3) is 3.94. The Labute approximate surface area is 166 Å². The van der Waals surface area contributed by atoms with Gasteiger partial charge in [-0.25, -0.2) is 0 Å². The zero-order chi connectivity index (χ0) is 20.1. The highest BCUT2D eigenvalue weighted by atomic mass is 16.2. The Hall–Kier alpha value is -2.67. The molecule has 0 atom stereocenters. The van der Waals surface area contributed by atoms with Crippen molar-refractivity contribution in [2.24, 2.45) is 0 Å². The molecule has 1 aliphatic heterocycles. The van der Waals surface area contributed by atoms with Crippen molar-refractivity contribution in [3.8, 4) is 0 Å². The van der Waals surface area contributed by atoms with Gasteiger partial charge in [0.1, 0.15) is 5.54 Å². The Morgan fingerprint density at radius 2 is 1.89 bits per heavy atom. The number of piperidine rings is 1. The normalized spacial score (nSPS) is 15.8. The molecule has 0 aliphatic carbocycles. The Morgan fingerprint density at radius 1 is 1.21 bits per heavy atom. The minimum Gasteiger partial charge on any atom is -0.332 e. The maximum Gasteiger partial charge on any atom is 0.251 e. The maximum atomic E-state index is 13.5. The number of carbonyl (C=O) groups excluding carboxylic acids is 2. The molecular formula is C21H29N5O2. The van der Waals surface area contributed by atoms with Crippen molar-refractivity contribution in [2.45, 2.75) is 39.2 Å². The lowest BCUT2D eigenvalue weighted by Crippen LogP contribution is -2.56. The Kier molecular flexibility index (Phi) is 6.14. The number of aryl methyl sites for hydroxylation is 2. The van der Waals surface area contributed by atoms with Gasteiger partial charge in [0.2, 0.25) is 5.91 Å². The molecule has 0 radical (unpaired) electrons. The van der Waals surface area contributed by atoms with Crippen LogP contribution >= 0.6 is 0 Å². The van der Waals surface area contributed by atoms with E-state index in [1.165, 1.54) is 0 Å². The number of likely N-dealkylation sites (N-methyl/N-ethyl adjacent to an activating group) is 1. The van der Waals surface area contributed by atoms with E-state index in [0.29, 0.717) is 19.4 Å². The van der Waals surface area contributed by atoms with E-state index < -0.39 is 5.54 Å². The molecule has 1 fully saturated rings. The van der Waals surface area contributed by atoms with Gasteiger partial charge >= 0.3 is 0 Å². The molecule has 1 aromatic heterocycles. The predicted octanol–water partition coefficient (Wildman–Crippen LogP) is 2.07. The number of benzene rings is 1. The number of hydrogen-bond acceptors (Lipinski definition) is 4. The summed E-state index contributed by atoms with van der Waals surface area (Å²) in [5, 5.41) is 10.6. The first-order chi connectivity index (χ1) is 13.5. The highest BCUT2D eigenvalue weighted by Gasteiger charge is 2.44. The van der Waals surface area contributed by atoms with Gasteiger partial charge < -0.3 is 15.5 Å². The van der Waals surface area contributed by atoms with E-state index in [2.05, 4.69) is 15.7 Å². The summed E-state index contributed by atoms with van der Waals surface area (Å²) in [5.74, 6) is -0.228. The SMILES string of the molecule is CCN(CC(=O)Nc1c(C)cccc1C)C(=O)C1(n2cccn2)CCNCC1. The lowest BCUT2D eigenvalue weighted by molar-refractivity contribution is -0.145. The summed E-state index contributed by atoms with van der Waals surface area (Å²) < 4.78 is 1.77. The first-order valence-corrected chi connectivity index (χ1v) is 9.84. The van der Waals surface area contributed by atoms with Gasteiger partial charge in [-0.15, -0.1) is 0 Å². The van der Waals surface area contributed by atoms with Crippen molar-refractivity contribution < 1.29 is 9.59 Å². The number of amides is 2. The summed E-state index contributed by atoms with van der Waals surface area (Å²) in [4.78, 5) is 27.9. The second-order valence-electron chi connectivity index (χ2n) is 7.37. The van der Waals surface area contributed by atoms with Gasteiger partial charge in [-0.3, -0.25) is 14.3 Å². The molecule has 7 heteroatoms. The molecule has 3 rings (SSSR count). The Bertz CT molecular complexity index is 805. The lowest BCUT2D eigenvalue weighted by Gasteiger charge is -2.39. The Morgan fingerprint density at radius 3 is 2.46 bits per heavy atom. The standard InChI is InChI=1S/C21H29N5O2/c1-4-25(15-18(27)24-19-16(2)7-5-8-17(19)3)20(28)21(9-12-22-13-10-21)26-14-6-11-23-26/h5-8,11,14,22H,4,9-10,12-13,15H2,1-3H3,(H,24,27). The highest BCUT2D eigenvalue weighted by Crippen LogP contribution is 2.29. The molecule has 1 aromatic carbocycles. The predicted molar refractivity (Wildman–Crippen MR) is 109 cm³/mol. The smallest absolute Gasteiger partial charge is 0.251 e. The van der Waals surface area contributed by atoms with E-state index in [1.54, 1.807) is 15.8 Å². The highest BCUT2D eigenvalue weighted by molar-refractivity contribution is 5.96. The summed E-state index contributed by atoms with van der Waals surface area (Å²) in [6, 6.07) is 7.73. The fourth-order valence-electron chi connectivity index (χ4n) is 3.89. The number of aromatic nitrogens is 2. The molecule has 7 nitrogen and oxygen atoms in total. The van der Waals surface area contributed by atoms with Crippen LogP contribution in [0.4, 0.5) is 5.69 Å². The van der Waals surface area contributed by atoms with Crippen LogP contribution in [0, 0.1) is 13.8 Å². The number of anilines is 1. The molecule has 1 aliphatic rings. The van der Waals surface area contributed by atoms with Gasteiger partial charge in [-0.1, -0.05) is 18.2 Å². The molecule has 28 heavy (non-hydrogen) atoms. The molecule has 1 saturated heterocycles. The summed E-state index contributed by atoms with van der Waals surface area (Å²) in [7, 11) is 0. The van der Waals surface area contributed by atoms with Gasteiger partial charge in [-0.2, -0.15) is 5.10 Å². The van der Waals surface area contributed by atoms with Crippen LogP contribution in [-0.2, 0) is 15.1 Å². The van der Waals surface area contributed by atoms with Crippen LogP contribution in [0.1, 0.15) is 30.9 Å². The van der Waals surface area contributed by atoms with Crippen LogP contribution in [-0.4, -0.2) is 52.7 Å². The number of carbonyl (C=O) groups is 2. The van der Waals surface area contributed by atoms with E-state index in [1.807, 2.05) is 51.2 Å². The van der Waals surface area contributed by atoms with Gasteiger partial charge in [0.25, 0.3) is 5.91 Å². The second kappa shape index (κ2) is 8.56. The van der Waals surface area contributed by atoms with Crippen LogP contribution < -0.4 is 10.6 Å². The van der Waals surface area contributed by atoms with Crippen LogP contribution in [0.25, 0.3) is 0 Å². The molecule has 150 valence electrons. The summed E-state index contributed by atoms with van der Waals surface area (Å²) in [6.07, 6.45) is 4.85. The quantitative estimate of drug-likeness (QED) is 0.800. The molecular weight excluding hydrogens is 354 g/mol. The van der Waals surface area contributed by atoms with Crippen molar-refractivity contribution in [3.05, 3.63) is 47.8 Å². The van der Waals surface area contributed by atoms with Crippen molar-refractivity contribution in [1.29, 1.82) is 0 Å². The molecule has 2 amide bonds. The topological polar surface area (TPSA) is 79.3 Å². The van der Waals surface area contributed by atoms with E-state index in [0.717, 1.165) is 29.9 Å². The second-order valence-corrected chi connectivity index (χ2v) is 7.37. The Balaban J connectivity index is 1.78. The van der Waals surface area contributed by atoms with Gasteiger partial charge in [0.15, 0.2) is 0 Å². The largest absolute Gasteiger partial charge is 0.332 e. The molecule has 2 aromatic rings. The van der Waals surface area contributed by atoms with Gasteiger partial charge in [0.05, 0.1) is 6.54 Å². The van der Waals surface area contributed by atoms with Crippen LogP contribution in [0.2, 0.25) is 0 Å². The molecule has 0 bridgehead atoms. The maximum absolute atomic E-state index is 13.5. The van der Waals surface area contributed by atoms with Crippen molar-refractivity contribution in [1.82, 2.24) is 20.0 Å². The van der Waals surface area contributed by atoms with Gasteiger partial charge in [-0.05, 0) is 63.9 Å². The van der Waals surface area contributed by atoms with Crippen LogP contribution in [0.15, 0.2) is 36.7 Å². The average Bonchev–Trinajstić information content (AvgIpc) is 3.24. The zero-order valence-corrected chi connectivity index (χ0v) is 16.9. The van der Waals surface area contributed by atoms with Crippen LogP contribution in [0.3, 0.4) is 0 Å². The molecule has 0 saturated carbocycles. The van der Waals surface area contributed by atoms with Gasteiger partial charge in [0, 0.05) is 24.6 Å². The fourth-order valence-corrected chi connectivity index (χ4v) is 3.89. The summed E-state index contributed by atoms with van der Waals surface area (Å²) >= 11 is 0. The minimum atomic E-state index is -0.733. The lowest BCUT2D eigenvalue weighted by atomic mass is 9.86. The zero-order valence-electron chi connectivity index (χ0n) is 16.9. The van der Waals surface area contributed by atoms with Crippen molar-refractivity contribution in [3.63, 3.8) is 0 Å². The van der Waals surface area contributed by atoms with Crippen molar-refractivity contribution in [2.75, 3.05) is 31.5 Å². The molecule has 2 heterocycles. The first-order valence-electron chi connectivity index (χ1n) is 9.84.